The number of rotatable bonds is 6. The molecule has 13 heavy (non-hydrogen) atoms. The van der Waals surface area contributed by atoms with Crippen LogP contribution in [0, 0.1) is 11.8 Å². The van der Waals surface area contributed by atoms with Gasteiger partial charge in [0.1, 0.15) is 0 Å². The third-order valence-electron chi connectivity index (χ3n) is 2.87. The molecule has 0 amide bonds. The van der Waals surface area contributed by atoms with Crippen molar-refractivity contribution >= 4 is 11.8 Å². The Morgan fingerprint density at radius 2 is 2.23 bits per heavy atom. The van der Waals surface area contributed by atoms with Crippen molar-refractivity contribution in [1.82, 2.24) is 5.32 Å². The molecular formula is C11H23NS. The van der Waals surface area contributed by atoms with Crippen LogP contribution in [0.1, 0.15) is 32.6 Å². The molecule has 0 aromatic carbocycles. The summed E-state index contributed by atoms with van der Waals surface area (Å²) in [7, 11) is 2.03. The second-order valence-electron chi connectivity index (χ2n) is 4.32. The number of hydrogen-bond donors (Lipinski definition) is 1. The van der Waals surface area contributed by atoms with Crippen LogP contribution in [0.25, 0.3) is 0 Å². The summed E-state index contributed by atoms with van der Waals surface area (Å²) in [4.78, 5) is 0. The van der Waals surface area contributed by atoms with E-state index in [1.165, 1.54) is 43.7 Å². The number of thioether (sulfide) groups is 1. The monoisotopic (exact) mass is 201 g/mol. The predicted octanol–water partition coefficient (Wildman–Crippen LogP) is 2.77. The molecule has 0 aliphatic heterocycles. The van der Waals surface area contributed by atoms with Crippen molar-refractivity contribution in [3.63, 3.8) is 0 Å². The molecule has 2 heteroatoms. The van der Waals surface area contributed by atoms with Crippen LogP contribution in [-0.2, 0) is 0 Å². The van der Waals surface area contributed by atoms with Crippen LogP contribution in [-0.4, -0.2) is 25.1 Å². The van der Waals surface area contributed by atoms with Gasteiger partial charge in [-0.1, -0.05) is 13.3 Å². The highest BCUT2D eigenvalue weighted by Crippen LogP contribution is 2.32. The summed E-state index contributed by atoms with van der Waals surface area (Å²) in [6.07, 6.45) is 5.77. The smallest absolute Gasteiger partial charge is 0.00390 e. The average Bonchev–Trinajstić information content (AvgIpc) is 2.51. The molecule has 0 bridgehead atoms. The van der Waals surface area contributed by atoms with Gasteiger partial charge < -0.3 is 5.32 Å². The fourth-order valence-electron chi connectivity index (χ4n) is 2.08. The maximum atomic E-state index is 3.19. The van der Waals surface area contributed by atoms with Gasteiger partial charge in [0, 0.05) is 0 Å². The Hall–Kier alpha value is 0.310. The lowest BCUT2D eigenvalue weighted by Crippen LogP contribution is -2.08. The van der Waals surface area contributed by atoms with E-state index in [1.807, 2.05) is 7.05 Å². The largest absolute Gasteiger partial charge is 0.320 e. The fourth-order valence-corrected chi connectivity index (χ4v) is 3.23. The third kappa shape index (κ3) is 4.92. The van der Waals surface area contributed by atoms with Gasteiger partial charge in [-0.2, -0.15) is 11.8 Å². The maximum Gasteiger partial charge on any atom is -0.00390 e. The van der Waals surface area contributed by atoms with Crippen molar-refractivity contribution in [2.45, 2.75) is 32.6 Å². The van der Waals surface area contributed by atoms with E-state index in [2.05, 4.69) is 24.0 Å². The van der Waals surface area contributed by atoms with Crippen molar-refractivity contribution in [3.8, 4) is 0 Å². The molecule has 78 valence electrons. The molecule has 0 aromatic rings. The molecule has 0 radical (unpaired) electrons. The summed E-state index contributed by atoms with van der Waals surface area (Å²) in [5.41, 5.74) is 0. The minimum Gasteiger partial charge on any atom is -0.320 e. The lowest BCUT2D eigenvalue weighted by atomic mass is 10.1. The van der Waals surface area contributed by atoms with E-state index in [-0.39, 0.29) is 0 Å². The zero-order chi connectivity index (χ0) is 9.52. The molecular weight excluding hydrogens is 178 g/mol. The second kappa shape index (κ2) is 6.72. The van der Waals surface area contributed by atoms with E-state index >= 15 is 0 Å². The molecule has 1 fully saturated rings. The van der Waals surface area contributed by atoms with Crippen molar-refractivity contribution in [2.75, 3.05) is 25.1 Å². The molecule has 0 spiro atoms. The fraction of sp³-hybridized carbons (Fsp3) is 1.00. The Morgan fingerprint density at radius 3 is 2.85 bits per heavy atom. The maximum absolute atomic E-state index is 3.19. The van der Waals surface area contributed by atoms with Crippen LogP contribution in [0.3, 0.4) is 0 Å². The minimum atomic E-state index is 1.00. The van der Waals surface area contributed by atoms with Gasteiger partial charge in [-0.15, -0.1) is 0 Å². The van der Waals surface area contributed by atoms with Gasteiger partial charge in [-0.25, -0.2) is 0 Å². The Bertz CT molecular complexity index is 127. The Balaban J connectivity index is 1.88. The second-order valence-corrected chi connectivity index (χ2v) is 5.47. The minimum absolute atomic E-state index is 1.00. The van der Waals surface area contributed by atoms with E-state index < -0.39 is 0 Å². The zero-order valence-corrected chi connectivity index (χ0v) is 9.83. The quantitative estimate of drug-likeness (QED) is 0.663. The summed E-state index contributed by atoms with van der Waals surface area (Å²) < 4.78 is 0. The summed E-state index contributed by atoms with van der Waals surface area (Å²) in [6, 6.07) is 0. The van der Waals surface area contributed by atoms with Crippen LogP contribution in [0.4, 0.5) is 0 Å². The van der Waals surface area contributed by atoms with Crippen molar-refractivity contribution < 1.29 is 0 Å². The highest BCUT2D eigenvalue weighted by molar-refractivity contribution is 7.99. The molecule has 1 N–H and O–H groups in total. The van der Waals surface area contributed by atoms with Crippen LogP contribution in [0.5, 0.6) is 0 Å². The van der Waals surface area contributed by atoms with Crippen molar-refractivity contribution in [3.05, 3.63) is 0 Å². The van der Waals surface area contributed by atoms with Crippen LogP contribution < -0.4 is 5.32 Å². The van der Waals surface area contributed by atoms with Gasteiger partial charge in [0.05, 0.1) is 0 Å². The first-order valence-corrected chi connectivity index (χ1v) is 6.70. The van der Waals surface area contributed by atoms with Gasteiger partial charge in [-0.05, 0) is 56.2 Å². The summed E-state index contributed by atoms with van der Waals surface area (Å²) in [5.74, 6) is 4.79. The highest BCUT2D eigenvalue weighted by Gasteiger charge is 2.20. The van der Waals surface area contributed by atoms with Gasteiger partial charge in [0.2, 0.25) is 0 Å². The Kier molecular flexibility index (Phi) is 5.88. The molecule has 1 aliphatic rings. The SMILES string of the molecule is CNCCCSCC1CCC(C)C1. The summed E-state index contributed by atoms with van der Waals surface area (Å²) in [5, 5.41) is 3.19. The topological polar surface area (TPSA) is 12.0 Å². The van der Waals surface area contributed by atoms with Crippen molar-refractivity contribution in [1.29, 1.82) is 0 Å². The zero-order valence-electron chi connectivity index (χ0n) is 9.01. The molecule has 1 nitrogen and oxygen atoms in total. The Morgan fingerprint density at radius 1 is 1.38 bits per heavy atom. The van der Waals surface area contributed by atoms with Crippen molar-refractivity contribution in [2.24, 2.45) is 11.8 Å². The van der Waals surface area contributed by atoms with Gasteiger partial charge in [0.15, 0.2) is 0 Å². The molecule has 1 rings (SSSR count). The number of nitrogens with one attached hydrogen (secondary N) is 1. The standard InChI is InChI=1S/C11H23NS/c1-10-4-5-11(8-10)9-13-7-3-6-12-2/h10-12H,3-9H2,1-2H3. The molecule has 1 saturated carbocycles. The molecule has 0 heterocycles. The predicted molar refractivity (Wildman–Crippen MR) is 62.4 cm³/mol. The average molecular weight is 201 g/mol. The molecule has 2 atom stereocenters. The van der Waals surface area contributed by atoms with Crippen LogP contribution in [0.2, 0.25) is 0 Å². The first kappa shape index (κ1) is 11.4. The Labute approximate surface area is 87.1 Å². The normalized spacial score (nSPS) is 28.2. The van der Waals surface area contributed by atoms with Crippen LogP contribution >= 0.6 is 11.8 Å². The molecule has 0 saturated heterocycles. The summed E-state index contributed by atoms with van der Waals surface area (Å²) in [6.45, 7) is 3.57. The molecule has 1 aliphatic carbocycles. The number of hydrogen-bond acceptors (Lipinski definition) is 2. The van der Waals surface area contributed by atoms with E-state index in [1.54, 1.807) is 0 Å². The van der Waals surface area contributed by atoms with E-state index in [4.69, 9.17) is 0 Å². The van der Waals surface area contributed by atoms with E-state index in [0.717, 1.165) is 11.8 Å². The lowest BCUT2D eigenvalue weighted by molar-refractivity contribution is 0.561. The highest BCUT2D eigenvalue weighted by atomic mass is 32.2. The van der Waals surface area contributed by atoms with Gasteiger partial charge in [0.25, 0.3) is 0 Å². The third-order valence-corrected chi connectivity index (χ3v) is 4.16. The van der Waals surface area contributed by atoms with Gasteiger partial charge >= 0.3 is 0 Å². The first-order valence-electron chi connectivity index (χ1n) is 5.55. The van der Waals surface area contributed by atoms with Crippen LogP contribution in [0.15, 0.2) is 0 Å². The molecule has 0 aromatic heterocycles. The lowest BCUT2D eigenvalue weighted by Gasteiger charge is -2.08. The summed E-state index contributed by atoms with van der Waals surface area (Å²) >= 11 is 2.15. The first-order chi connectivity index (χ1) is 6.33. The van der Waals surface area contributed by atoms with E-state index in [9.17, 15) is 0 Å². The van der Waals surface area contributed by atoms with E-state index in [0.29, 0.717) is 0 Å². The van der Waals surface area contributed by atoms with Gasteiger partial charge in [-0.3, -0.25) is 0 Å². The molecule has 2 unspecified atom stereocenters.